The molecule has 0 saturated heterocycles. The smallest absolute Gasteiger partial charge is 0.0794 e. The molecule has 0 aliphatic heterocycles. The molecule has 1 unspecified atom stereocenters. The Morgan fingerprint density at radius 3 is 3.00 bits per heavy atom. The number of hydrogen-bond acceptors (Lipinski definition) is 4. The zero-order chi connectivity index (χ0) is 11.4. The first-order valence-electron chi connectivity index (χ1n) is 5.10. The summed E-state index contributed by atoms with van der Waals surface area (Å²) in [4.78, 5) is 5.63. The van der Waals surface area contributed by atoms with Gasteiger partial charge in [0, 0.05) is 39.1 Å². The predicted octanol–water partition coefficient (Wildman–Crippen LogP) is 3.86. The van der Waals surface area contributed by atoms with Crippen LogP contribution in [0.5, 0.6) is 0 Å². The van der Waals surface area contributed by atoms with Gasteiger partial charge in [0.1, 0.15) is 0 Å². The molecule has 2 heterocycles. The monoisotopic (exact) mass is 316 g/mol. The minimum absolute atomic E-state index is 0.412. The number of aromatic nitrogens is 1. The molecule has 2 aromatic heterocycles. The van der Waals surface area contributed by atoms with Gasteiger partial charge in [-0.2, -0.15) is 0 Å². The molecule has 0 aliphatic rings. The fourth-order valence-corrected chi connectivity index (χ4v) is 3.50. The van der Waals surface area contributed by atoms with Crippen LogP contribution in [0.25, 0.3) is 0 Å². The van der Waals surface area contributed by atoms with Crippen molar-refractivity contribution >= 4 is 38.6 Å². The summed E-state index contributed by atoms with van der Waals surface area (Å²) < 4.78 is 1.17. The third kappa shape index (κ3) is 3.38. The molecule has 0 aliphatic carbocycles. The van der Waals surface area contributed by atoms with E-state index in [0.29, 0.717) is 6.04 Å². The van der Waals surface area contributed by atoms with Crippen LogP contribution in [-0.2, 0) is 6.42 Å². The van der Waals surface area contributed by atoms with E-state index in [9.17, 15) is 0 Å². The summed E-state index contributed by atoms with van der Waals surface area (Å²) in [5, 5.41) is 7.73. The van der Waals surface area contributed by atoms with Gasteiger partial charge in [0.15, 0.2) is 0 Å². The largest absolute Gasteiger partial charge is 0.309 e. The number of nitrogens with zero attached hydrogens (tertiary/aromatic N) is 1. The number of thiazole rings is 1. The van der Waals surface area contributed by atoms with Crippen molar-refractivity contribution in [2.45, 2.75) is 19.4 Å². The maximum Gasteiger partial charge on any atom is 0.0794 e. The minimum atomic E-state index is 0.412. The zero-order valence-corrected chi connectivity index (χ0v) is 12.2. The SMILES string of the molecule is CC(NCCc1cscn1)c1cc(Br)cs1. The van der Waals surface area contributed by atoms with E-state index in [1.54, 1.807) is 22.7 Å². The summed E-state index contributed by atoms with van der Waals surface area (Å²) in [6.07, 6.45) is 1.00. The Hall–Kier alpha value is -0.230. The fraction of sp³-hybridized carbons (Fsp3) is 0.364. The molecule has 0 radical (unpaired) electrons. The normalized spacial score (nSPS) is 12.9. The van der Waals surface area contributed by atoms with Crippen molar-refractivity contribution in [2.75, 3.05) is 6.54 Å². The Bertz CT molecular complexity index is 425. The molecule has 1 atom stereocenters. The summed E-state index contributed by atoms with van der Waals surface area (Å²) in [6, 6.07) is 2.58. The minimum Gasteiger partial charge on any atom is -0.309 e. The number of thiophene rings is 1. The van der Waals surface area contributed by atoms with E-state index in [1.165, 1.54) is 15.0 Å². The molecule has 2 aromatic rings. The van der Waals surface area contributed by atoms with Crippen molar-refractivity contribution in [3.8, 4) is 0 Å². The third-order valence-corrected chi connectivity index (χ3v) is 4.84. The van der Waals surface area contributed by atoms with Gasteiger partial charge in [-0.1, -0.05) is 0 Å². The van der Waals surface area contributed by atoms with Gasteiger partial charge in [0.05, 0.1) is 11.2 Å². The van der Waals surface area contributed by atoms with Gasteiger partial charge >= 0.3 is 0 Å². The summed E-state index contributed by atoms with van der Waals surface area (Å²) in [5.41, 5.74) is 3.06. The lowest BCUT2D eigenvalue weighted by Gasteiger charge is -2.10. The summed E-state index contributed by atoms with van der Waals surface area (Å²) in [7, 11) is 0. The average Bonchev–Trinajstić information content (AvgIpc) is 2.89. The van der Waals surface area contributed by atoms with Crippen LogP contribution in [0.4, 0.5) is 0 Å². The second-order valence-corrected chi connectivity index (χ2v) is 6.15. The van der Waals surface area contributed by atoms with Crippen molar-refractivity contribution in [3.05, 3.63) is 37.4 Å². The summed E-state index contributed by atoms with van der Waals surface area (Å²) >= 11 is 6.91. The molecule has 86 valence electrons. The van der Waals surface area contributed by atoms with E-state index < -0.39 is 0 Å². The highest BCUT2D eigenvalue weighted by molar-refractivity contribution is 9.10. The van der Waals surface area contributed by atoms with Gasteiger partial charge in [0.2, 0.25) is 0 Å². The van der Waals surface area contributed by atoms with E-state index in [0.717, 1.165) is 13.0 Å². The molecule has 0 spiro atoms. The highest BCUT2D eigenvalue weighted by Gasteiger charge is 2.07. The van der Waals surface area contributed by atoms with Crippen molar-refractivity contribution in [1.29, 1.82) is 0 Å². The Morgan fingerprint density at radius 2 is 2.38 bits per heavy atom. The number of nitrogens with one attached hydrogen (secondary N) is 1. The van der Waals surface area contributed by atoms with Gasteiger partial charge in [0.25, 0.3) is 0 Å². The van der Waals surface area contributed by atoms with E-state index >= 15 is 0 Å². The van der Waals surface area contributed by atoms with Gasteiger partial charge < -0.3 is 5.32 Å². The van der Waals surface area contributed by atoms with Crippen molar-refractivity contribution < 1.29 is 0 Å². The highest BCUT2D eigenvalue weighted by atomic mass is 79.9. The van der Waals surface area contributed by atoms with Crippen LogP contribution >= 0.6 is 38.6 Å². The van der Waals surface area contributed by atoms with Crippen LogP contribution in [0, 0.1) is 0 Å². The van der Waals surface area contributed by atoms with Gasteiger partial charge in [-0.3, -0.25) is 0 Å². The van der Waals surface area contributed by atoms with Crippen molar-refractivity contribution in [3.63, 3.8) is 0 Å². The van der Waals surface area contributed by atoms with E-state index in [-0.39, 0.29) is 0 Å². The van der Waals surface area contributed by atoms with E-state index in [4.69, 9.17) is 0 Å². The second-order valence-electron chi connectivity index (χ2n) is 3.57. The van der Waals surface area contributed by atoms with Crippen LogP contribution in [0.3, 0.4) is 0 Å². The van der Waals surface area contributed by atoms with E-state index in [2.05, 4.69) is 50.0 Å². The molecule has 0 amide bonds. The molecule has 2 nitrogen and oxygen atoms in total. The molecule has 1 N–H and O–H groups in total. The number of hydrogen-bond donors (Lipinski definition) is 1. The first kappa shape index (κ1) is 12.2. The molecular weight excluding hydrogens is 304 g/mol. The van der Waals surface area contributed by atoms with E-state index in [1.807, 2.05) is 5.51 Å². The quantitative estimate of drug-likeness (QED) is 0.906. The van der Waals surface area contributed by atoms with Gasteiger partial charge in [-0.05, 0) is 28.9 Å². The van der Waals surface area contributed by atoms with Gasteiger partial charge in [-0.25, -0.2) is 4.98 Å². The van der Waals surface area contributed by atoms with Crippen molar-refractivity contribution in [1.82, 2.24) is 10.3 Å². The first-order chi connectivity index (χ1) is 7.75. The first-order valence-corrected chi connectivity index (χ1v) is 7.71. The lowest BCUT2D eigenvalue weighted by atomic mass is 10.2. The molecule has 0 bridgehead atoms. The Labute approximate surface area is 112 Å². The van der Waals surface area contributed by atoms with Crippen LogP contribution in [0.2, 0.25) is 0 Å². The maximum atomic E-state index is 4.26. The topological polar surface area (TPSA) is 24.9 Å². The van der Waals surface area contributed by atoms with Gasteiger partial charge in [-0.15, -0.1) is 22.7 Å². The van der Waals surface area contributed by atoms with Crippen molar-refractivity contribution in [2.24, 2.45) is 0 Å². The lowest BCUT2D eigenvalue weighted by Crippen LogP contribution is -2.20. The summed E-state index contributed by atoms with van der Waals surface area (Å²) in [6.45, 7) is 3.17. The number of rotatable bonds is 5. The highest BCUT2D eigenvalue weighted by Crippen LogP contribution is 2.25. The van der Waals surface area contributed by atoms with Crippen LogP contribution < -0.4 is 5.32 Å². The fourth-order valence-electron chi connectivity index (χ4n) is 1.43. The number of halogens is 1. The third-order valence-electron chi connectivity index (χ3n) is 2.33. The standard InChI is InChI=1S/C11H13BrN2S2/c1-8(11-4-9(12)5-16-11)13-3-2-10-6-15-7-14-10/h4-8,13H,2-3H2,1H3. The molecule has 0 aromatic carbocycles. The molecule has 16 heavy (non-hydrogen) atoms. The Morgan fingerprint density at radius 1 is 1.50 bits per heavy atom. The average molecular weight is 317 g/mol. The molecule has 2 rings (SSSR count). The lowest BCUT2D eigenvalue weighted by molar-refractivity contribution is 0.582. The molecule has 5 heteroatoms. The molecular formula is C11H13BrN2S2. The van der Waals surface area contributed by atoms with Crippen LogP contribution in [-0.4, -0.2) is 11.5 Å². The molecule has 0 fully saturated rings. The maximum absolute atomic E-state index is 4.26. The zero-order valence-electron chi connectivity index (χ0n) is 8.94. The van der Waals surface area contributed by atoms with Crippen LogP contribution in [0.15, 0.2) is 26.8 Å². The molecule has 0 saturated carbocycles. The Kier molecular flexibility index (Phi) is 4.52. The second kappa shape index (κ2) is 5.91. The van der Waals surface area contributed by atoms with Crippen LogP contribution in [0.1, 0.15) is 23.5 Å². The summed E-state index contributed by atoms with van der Waals surface area (Å²) in [5.74, 6) is 0. The Balaban J connectivity index is 1.78. The predicted molar refractivity (Wildman–Crippen MR) is 74.3 cm³/mol.